The zero-order valence-electron chi connectivity index (χ0n) is 22.4. The summed E-state index contributed by atoms with van der Waals surface area (Å²) < 4.78 is 42.8. The van der Waals surface area contributed by atoms with E-state index in [9.17, 15) is 22.8 Å². The van der Waals surface area contributed by atoms with Crippen molar-refractivity contribution >= 4 is 24.3 Å². The summed E-state index contributed by atoms with van der Waals surface area (Å²) in [5, 5.41) is 4.66. The summed E-state index contributed by atoms with van der Waals surface area (Å²) in [6.07, 6.45) is 2.09. The van der Waals surface area contributed by atoms with E-state index in [1.807, 2.05) is 14.5 Å². The van der Waals surface area contributed by atoms with Crippen LogP contribution in [0.5, 0.6) is 0 Å². The van der Waals surface area contributed by atoms with Crippen LogP contribution in [0.1, 0.15) is 83.6 Å². The minimum atomic E-state index is -4.42. The third-order valence-corrected chi connectivity index (χ3v) is 8.79. The summed E-state index contributed by atoms with van der Waals surface area (Å²) in [7, 11) is 0. The van der Waals surface area contributed by atoms with Gasteiger partial charge < -0.3 is 20.4 Å². The molecule has 2 N–H and O–H groups in total. The van der Waals surface area contributed by atoms with E-state index in [-0.39, 0.29) is 60.4 Å². The number of carbonyl (C=O) groups is 2. The maximum absolute atomic E-state index is 13.7. The van der Waals surface area contributed by atoms with Crippen molar-refractivity contribution in [2.75, 3.05) is 39.3 Å². The molecule has 3 aliphatic heterocycles. The number of hydrogen-bond acceptors (Lipinski definition) is 4. The Morgan fingerprint density at radius 3 is 2.17 bits per heavy atom. The van der Waals surface area contributed by atoms with Gasteiger partial charge in [0.25, 0.3) is 5.91 Å². The SMILES string of the molecule is Cl.NC1CCN(C(=O)N2CCC(n3ncc(C(=O)N4CC[C@@H](c5ccccc5C(F)(F)F)C4)c3C3CC3)CC2)C1. The Balaban J connectivity index is 0.00000323. The van der Waals surface area contributed by atoms with Crippen LogP contribution >= 0.6 is 12.4 Å². The van der Waals surface area contributed by atoms with E-state index in [1.165, 1.54) is 12.1 Å². The summed E-state index contributed by atoms with van der Waals surface area (Å²) >= 11 is 0. The maximum Gasteiger partial charge on any atom is 0.416 e. The van der Waals surface area contributed by atoms with E-state index in [2.05, 4.69) is 5.10 Å². The Bertz CT molecular complexity index is 1240. The van der Waals surface area contributed by atoms with Gasteiger partial charge in [-0.15, -0.1) is 12.4 Å². The van der Waals surface area contributed by atoms with E-state index < -0.39 is 11.7 Å². The van der Waals surface area contributed by atoms with Crippen LogP contribution in [0.25, 0.3) is 0 Å². The van der Waals surface area contributed by atoms with Gasteiger partial charge in [-0.05, 0) is 50.2 Å². The van der Waals surface area contributed by atoms with Crippen molar-refractivity contribution in [2.45, 2.75) is 68.6 Å². The van der Waals surface area contributed by atoms with Crippen molar-refractivity contribution in [3.8, 4) is 0 Å². The summed E-state index contributed by atoms with van der Waals surface area (Å²) in [5.41, 5.74) is 7.15. The molecule has 2 aromatic rings. The standard InChI is InChI=1S/C28H35F3N6O2.ClH/c29-28(30,31)24-4-2-1-3-22(24)19-7-11-35(16-19)26(38)23-15-33-37(25(23)18-5-6-18)21-9-13-34(14-10-21)27(39)36-12-8-20(32)17-36;/h1-4,15,18-21H,5-14,16-17,32H2;1H/t19-,20?;/m1./s1. The van der Waals surface area contributed by atoms with E-state index in [0.717, 1.165) is 43.9 Å². The highest BCUT2D eigenvalue weighted by molar-refractivity contribution is 5.95. The molecule has 12 heteroatoms. The van der Waals surface area contributed by atoms with Gasteiger partial charge in [-0.1, -0.05) is 18.2 Å². The lowest BCUT2D eigenvalue weighted by molar-refractivity contribution is -0.138. The zero-order valence-corrected chi connectivity index (χ0v) is 23.2. The van der Waals surface area contributed by atoms with Crippen molar-refractivity contribution in [3.05, 3.63) is 52.8 Å². The number of halogens is 4. The highest BCUT2D eigenvalue weighted by Gasteiger charge is 2.40. The van der Waals surface area contributed by atoms with Crippen LogP contribution in [-0.2, 0) is 6.18 Å². The predicted octanol–water partition coefficient (Wildman–Crippen LogP) is 4.62. The lowest BCUT2D eigenvalue weighted by Crippen LogP contribution is -2.46. The highest BCUT2D eigenvalue weighted by Crippen LogP contribution is 2.44. The number of amides is 3. The molecule has 4 heterocycles. The van der Waals surface area contributed by atoms with Crippen molar-refractivity contribution in [1.29, 1.82) is 0 Å². The van der Waals surface area contributed by atoms with Crippen LogP contribution < -0.4 is 5.73 Å². The van der Waals surface area contributed by atoms with Crippen molar-refractivity contribution in [2.24, 2.45) is 5.73 Å². The fraction of sp³-hybridized carbons (Fsp3) is 0.607. The van der Waals surface area contributed by atoms with Crippen LogP contribution in [0.3, 0.4) is 0 Å². The van der Waals surface area contributed by atoms with E-state index in [1.54, 1.807) is 17.2 Å². The third-order valence-electron chi connectivity index (χ3n) is 8.79. The molecule has 1 saturated carbocycles. The van der Waals surface area contributed by atoms with Gasteiger partial charge in [0.15, 0.2) is 0 Å². The summed E-state index contributed by atoms with van der Waals surface area (Å²) in [5.74, 6) is -0.215. The molecule has 1 aliphatic carbocycles. The summed E-state index contributed by atoms with van der Waals surface area (Å²) in [6, 6.07) is 5.90. The molecule has 0 radical (unpaired) electrons. The normalized spacial score (nSPS) is 23.9. The fourth-order valence-electron chi connectivity index (χ4n) is 6.53. The lowest BCUT2D eigenvalue weighted by atomic mass is 9.93. The average molecular weight is 581 g/mol. The van der Waals surface area contributed by atoms with E-state index in [0.29, 0.717) is 44.7 Å². The molecule has 0 bridgehead atoms. The molecule has 3 saturated heterocycles. The molecular weight excluding hydrogens is 545 g/mol. The van der Waals surface area contributed by atoms with Gasteiger partial charge in [-0.3, -0.25) is 9.48 Å². The predicted molar refractivity (Wildman–Crippen MR) is 146 cm³/mol. The third kappa shape index (κ3) is 5.54. The zero-order chi connectivity index (χ0) is 27.3. The molecule has 40 heavy (non-hydrogen) atoms. The number of urea groups is 1. The van der Waals surface area contributed by atoms with Crippen LogP contribution in [-0.4, -0.2) is 81.7 Å². The number of piperidine rings is 1. The Hall–Kier alpha value is -2.79. The molecule has 8 nitrogen and oxygen atoms in total. The number of nitrogens with two attached hydrogens (primary N) is 1. The number of aromatic nitrogens is 2. The van der Waals surface area contributed by atoms with Crippen molar-refractivity contribution in [1.82, 2.24) is 24.5 Å². The van der Waals surface area contributed by atoms with Gasteiger partial charge in [0.1, 0.15) is 0 Å². The first-order valence-corrected chi connectivity index (χ1v) is 14.0. The summed E-state index contributed by atoms with van der Waals surface area (Å²) in [6.45, 7) is 3.27. The summed E-state index contributed by atoms with van der Waals surface area (Å²) in [4.78, 5) is 31.9. The molecule has 0 spiro atoms. The molecule has 4 fully saturated rings. The van der Waals surface area contributed by atoms with Gasteiger partial charge in [-0.2, -0.15) is 18.3 Å². The Morgan fingerprint density at radius 2 is 1.52 bits per heavy atom. The van der Waals surface area contributed by atoms with Gasteiger partial charge in [0.2, 0.25) is 0 Å². The van der Waals surface area contributed by atoms with Gasteiger partial charge in [-0.25, -0.2) is 4.79 Å². The number of nitrogens with zero attached hydrogens (tertiary/aromatic N) is 5. The van der Waals surface area contributed by atoms with Crippen LogP contribution in [0.15, 0.2) is 30.5 Å². The average Bonchev–Trinajstić information content (AvgIpc) is 3.30. The molecule has 4 aliphatic rings. The number of benzene rings is 1. The molecular formula is C28H36ClF3N6O2. The Morgan fingerprint density at radius 1 is 0.850 bits per heavy atom. The number of likely N-dealkylation sites (tertiary alicyclic amines) is 3. The van der Waals surface area contributed by atoms with Crippen LogP contribution in [0, 0.1) is 0 Å². The monoisotopic (exact) mass is 580 g/mol. The second-order valence-electron chi connectivity index (χ2n) is 11.5. The van der Waals surface area contributed by atoms with E-state index >= 15 is 0 Å². The fourth-order valence-corrected chi connectivity index (χ4v) is 6.53. The number of carbonyl (C=O) groups excluding carboxylic acids is 2. The highest BCUT2D eigenvalue weighted by atomic mass is 35.5. The quantitative estimate of drug-likeness (QED) is 0.572. The maximum atomic E-state index is 13.7. The largest absolute Gasteiger partial charge is 0.416 e. The molecule has 1 aromatic carbocycles. The van der Waals surface area contributed by atoms with Crippen molar-refractivity contribution < 1.29 is 22.8 Å². The Labute approximate surface area is 238 Å². The van der Waals surface area contributed by atoms with Crippen LogP contribution in [0.2, 0.25) is 0 Å². The molecule has 1 unspecified atom stereocenters. The second kappa shape index (κ2) is 11.2. The lowest BCUT2D eigenvalue weighted by Gasteiger charge is -2.35. The van der Waals surface area contributed by atoms with Gasteiger partial charge >= 0.3 is 12.2 Å². The number of hydrogen-bond donors (Lipinski definition) is 1. The Kier molecular flexibility index (Phi) is 8.07. The molecule has 218 valence electrons. The first-order valence-electron chi connectivity index (χ1n) is 14.0. The first kappa shape index (κ1) is 28.7. The van der Waals surface area contributed by atoms with Crippen molar-refractivity contribution in [3.63, 3.8) is 0 Å². The van der Waals surface area contributed by atoms with Gasteiger partial charge in [0, 0.05) is 57.1 Å². The smallest absolute Gasteiger partial charge is 0.338 e. The molecule has 3 amide bonds. The number of alkyl halides is 3. The second-order valence-corrected chi connectivity index (χ2v) is 11.5. The first-order chi connectivity index (χ1) is 18.7. The van der Waals surface area contributed by atoms with Crippen LogP contribution in [0.4, 0.5) is 18.0 Å². The minimum absolute atomic E-state index is 0. The van der Waals surface area contributed by atoms with Gasteiger partial charge in [0.05, 0.1) is 29.1 Å². The number of rotatable bonds is 4. The molecule has 1 aromatic heterocycles. The van der Waals surface area contributed by atoms with E-state index in [4.69, 9.17) is 5.73 Å². The molecule has 2 atom stereocenters. The minimum Gasteiger partial charge on any atom is -0.338 e. The molecule has 6 rings (SSSR count). The topological polar surface area (TPSA) is 87.7 Å².